The summed E-state index contributed by atoms with van der Waals surface area (Å²) < 4.78 is 0. The van der Waals surface area contributed by atoms with Gasteiger partial charge in [0.1, 0.15) is 5.69 Å². The number of hydrogen-bond donors (Lipinski definition) is 5. The molecule has 3 rings (SSSR count). The highest BCUT2D eigenvalue weighted by Crippen LogP contribution is 2.30. The fourth-order valence-corrected chi connectivity index (χ4v) is 2.15. The molecular formula is C18H15N3O6. The van der Waals surface area contributed by atoms with Crippen LogP contribution in [0.5, 0.6) is 0 Å². The van der Waals surface area contributed by atoms with E-state index in [4.69, 9.17) is 10.2 Å². The highest BCUT2D eigenvalue weighted by molar-refractivity contribution is 6.06. The monoisotopic (exact) mass is 369 g/mol. The van der Waals surface area contributed by atoms with E-state index in [-0.39, 0.29) is 5.69 Å². The van der Waals surface area contributed by atoms with Gasteiger partial charge in [0.05, 0.1) is 5.69 Å². The molecule has 0 aliphatic carbocycles. The predicted octanol–water partition coefficient (Wildman–Crippen LogP) is 2.72. The van der Waals surface area contributed by atoms with E-state index in [1.165, 1.54) is 0 Å². The van der Waals surface area contributed by atoms with Gasteiger partial charge in [-0.3, -0.25) is 4.98 Å². The number of benzene rings is 1. The van der Waals surface area contributed by atoms with Crippen molar-refractivity contribution in [1.29, 1.82) is 0 Å². The zero-order valence-corrected chi connectivity index (χ0v) is 13.8. The Hall–Kier alpha value is -4.14. The smallest absolute Gasteiger partial charge is 0.354 e. The van der Waals surface area contributed by atoms with Crippen molar-refractivity contribution in [3.63, 3.8) is 0 Å². The number of aliphatic carboxylic acids is 2. The summed E-state index contributed by atoms with van der Waals surface area (Å²) in [4.78, 5) is 37.2. The molecule has 0 fully saturated rings. The molecule has 27 heavy (non-hydrogen) atoms. The minimum absolute atomic E-state index is 0.151. The Morgan fingerprint density at radius 1 is 0.926 bits per heavy atom. The summed E-state index contributed by atoms with van der Waals surface area (Å²) in [7, 11) is 0. The average Bonchev–Trinajstić information content (AvgIpc) is 3.00. The number of nitrogens with zero attached hydrogens (tertiary/aromatic N) is 1. The first-order chi connectivity index (χ1) is 12.9. The maximum absolute atomic E-state index is 11.3. The molecule has 0 atom stereocenters. The quantitative estimate of drug-likeness (QED) is 0.430. The molecule has 0 unspecified atom stereocenters. The van der Waals surface area contributed by atoms with Crippen molar-refractivity contribution in [3.05, 3.63) is 66.6 Å². The fraction of sp³-hybridized carbons (Fsp3) is 0. The van der Waals surface area contributed by atoms with E-state index in [0.29, 0.717) is 17.8 Å². The van der Waals surface area contributed by atoms with Crippen molar-refractivity contribution in [2.75, 3.05) is 5.32 Å². The van der Waals surface area contributed by atoms with Crippen LogP contribution in [0.3, 0.4) is 0 Å². The van der Waals surface area contributed by atoms with Crippen molar-refractivity contribution < 1.29 is 29.7 Å². The molecule has 0 saturated carbocycles. The summed E-state index contributed by atoms with van der Waals surface area (Å²) in [6.45, 7) is 0. The third-order valence-electron chi connectivity index (χ3n) is 3.24. The number of fused-ring (bicyclic) bond motifs is 1. The van der Waals surface area contributed by atoms with Crippen LogP contribution in [0.4, 0.5) is 11.4 Å². The van der Waals surface area contributed by atoms with Crippen LogP contribution >= 0.6 is 0 Å². The summed E-state index contributed by atoms with van der Waals surface area (Å²) in [5, 5.41) is 28.9. The number of rotatable bonds is 5. The Morgan fingerprint density at radius 3 is 2.07 bits per heavy atom. The van der Waals surface area contributed by atoms with Gasteiger partial charge in [-0.2, -0.15) is 0 Å². The molecule has 0 saturated heterocycles. The SMILES string of the molecule is O=C(O)C=CC(=O)O.O=C(O)c1[nH]c2ccccc2c1Nc1ccncc1. The molecule has 2 aromatic heterocycles. The molecular weight excluding hydrogens is 354 g/mol. The minimum atomic E-state index is -1.26. The zero-order valence-electron chi connectivity index (χ0n) is 13.8. The van der Waals surface area contributed by atoms with E-state index >= 15 is 0 Å². The lowest BCUT2D eigenvalue weighted by Crippen LogP contribution is -2.01. The third-order valence-corrected chi connectivity index (χ3v) is 3.24. The number of aromatic nitrogens is 2. The first-order valence-corrected chi connectivity index (χ1v) is 7.53. The maximum atomic E-state index is 11.3. The molecule has 0 radical (unpaired) electrons. The molecule has 5 N–H and O–H groups in total. The minimum Gasteiger partial charge on any atom is -0.478 e. The molecule has 138 valence electrons. The number of carbonyl (C=O) groups is 3. The number of nitrogens with one attached hydrogen (secondary N) is 2. The summed E-state index contributed by atoms with van der Waals surface area (Å²) in [6.07, 6.45) is 4.42. The lowest BCUT2D eigenvalue weighted by atomic mass is 10.2. The number of H-pyrrole nitrogens is 1. The second kappa shape index (κ2) is 8.81. The Morgan fingerprint density at radius 2 is 1.52 bits per heavy atom. The number of aromatic carboxylic acids is 1. The Kier molecular flexibility index (Phi) is 6.26. The van der Waals surface area contributed by atoms with E-state index in [1.54, 1.807) is 24.5 Å². The van der Waals surface area contributed by atoms with E-state index in [1.807, 2.05) is 24.3 Å². The average molecular weight is 369 g/mol. The molecule has 0 spiro atoms. The maximum Gasteiger partial charge on any atom is 0.354 e. The largest absolute Gasteiger partial charge is 0.478 e. The van der Waals surface area contributed by atoms with Crippen molar-refractivity contribution in [2.24, 2.45) is 0 Å². The van der Waals surface area contributed by atoms with Crippen LogP contribution in [-0.4, -0.2) is 43.2 Å². The molecule has 0 amide bonds. The Balaban J connectivity index is 0.000000279. The predicted molar refractivity (Wildman–Crippen MR) is 97.2 cm³/mol. The zero-order chi connectivity index (χ0) is 19.8. The molecule has 9 heteroatoms. The second-order valence-corrected chi connectivity index (χ2v) is 5.10. The van der Waals surface area contributed by atoms with Gasteiger partial charge in [0.25, 0.3) is 0 Å². The molecule has 0 aliphatic heterocycles. The van der Waals surface area contributed by atoms with Gasteiger partial charge >= 0.3 is 17.9 Å². The third kappa shape index (κ3) is 5.43. The topological polar surface area (TPSA) is 153 Å². The number of pyridine rings is 1. The number of aromatic amines is 1. The number of carboxylic acid groups (broad SMARTS) is 3. The van der Waals surface area contributed by atoms with Crippen LogP contribution in [0.1, 0.15) is 10.5 Å². The van der Waals surface area contributed by atoms with Gasteiger partial charge in [-0.05, 0) is 18.2 Å². The Labute approximate surface area is 152 Å². The van der Waals surface area contributed by atoms with Gasteiger partial charge in [0, 0.05) is 41.1 Å². The van der Waals surface area contributed by atoms with Crippen molar-refractivity contribution in [2.45, 2.75) is 0 Å². The highest BCUT2D eigenvalue weighted by Gasteiger charge is 2.16. The summed E-state index contributed by atoms with van der Waals surface area (Å²) in [5.74, 6) is -3.51. The van der Waals surface area contributed by atoms with E-state index < -0.39 is 17.9 Å². The van der Waals surface area contributed by atoms with Crippen molar-refractivity contribution in [1.82, 2.24) is 9.97 Å². The molecule has 9 nitrogen and oxygen atoms in total. The highest BCUT2D eigenvalue weighted by atomic mass is 16.4. The Bertz CT molecular complexity index is 979. The number of para-hydroxylation sites is 1. The summed E-state index contributed by atoms with van der Waals surface area (Å²) in [6, 6.07) is 11.0. The van der Waals surface area contributed by atoms with Gasteiger partial charge in [-0.1, -0.05) is 18.2 Å². The van der Waals surface area contributed by atoms with Gasteiger partial charge in [-0.25, -0.2) is 14.4 Å². The van der Waals surface area contributed by atoms with Crippen LogP contribution in [0, 0.1) is 0 Å². The molecule has 2 heterocycles. The first-order valence-electron chi connectivity index (χ1n) is 7.53. The van der Waals surface area contributed by atoms with E-state index in [2.05, 4.69) is 15.3 Å². The molecule has 3 aromatic rings. The second-order valence-electron chi connectivity index (χ2n) is 5.10. The van der Waals surface area contributed by atoms with Crippen LogP contribution in [0.2, 0.25) is 0 Å². The normalized spacial score (nSPS) is 10.2. The van der Waals surface area contributed by atoms with Gasteiger partial charge in [0.15, 0.2) is 0 Å². The van der Waals surface area contributed by atoms with E-state index in [9.17, 15) is 19.5 Å². The fourth-order valence-electron chi connectivity index (χ4n) is 2.15. The van der Waals surface area contributed by atoms with Crippen molar-refractivity contribution in [3.8, 4) is 0 Å². The van der Waals surface area contributed by atoms with Crippen LogP contribution in [0.15, 0.2) is 60.9 Å². The number of anilines is 2. The van der Waals surface area contributed by atoms with E-state index in [0.717, 1.165) is 16.6 Å². The lowest BCUT2D eigenvalue weighted by molar-refractivity contribution is -0.134. The summed E-state index contributed by atoms with van der Waals surface area (Å²) >= 11 is 0. The lowest BCUT2D eigenvalue weighted by Gasteiger charge is -2.05. The van der Waals surface area contributed by atoms with Crippen LogP contribution in [-0.2, 0) is 9.59 Å². The van der Waals surface area contributed by atoms with Crippen LogP contribution < -0.4 is 5.32 Å². The van der Waals surface area contributed by atoms with Crippen molar-refractivity contribution >= 4 is 40.2 Å². The van der Waals surface area contributed by atoms with Gasteiger partial charge < -0.3 is 25.6 Å². The van der Waals surface area contributed by atoms with Crippen LogP contribution in [0.25, 0.3) is 10.9 Å². The first kappa shape index (κ1) is 19.2. The summed E-state index contributed by atoms with van der Waals surface area (Å²) in [5.41, 5.74) is 2.30. The molecule has 1 aromatic carbocycles. The molecule has 0 aliphatic rings. The number of carboxylic acids is 3. The van der Waals surface area contributed by atoms with Gasteiger partial charge in [-0.15, -0.1) is 0 Å². The van der Waals surface area contributed by atoms with Gasteiger partial charge in [0.2, 0.25) is 0 Å². The number of hydrogen-bond acceptors (Lipinski definition) is 5. The molecule has 0 bridgehead atoms. The standard InChI is InChI=1S/C14H11N3O2.C4H4O4/c18-14(19)13-12(16-9-5-7-15-8-6-9)10-3-1-2-4-11(10)17-13;5-3(6)1-2-4(7)8/h1-8,17H,(H,15,16)(H,18,19);1-2H,(H,5,6)(H,7,8).